The number of amides is 2. The molecule has 0 aromatic rings. The minimum Gasteiger partial charge on any atom is -0.481 e. The van der Waals surface area contributed by atoms with Gasteiger partial charge < -0.3 is 20.1 Å². The largest absolute Gasteiger partial charge is 0.481 e. The van der Waals surface area contributed by atoms with Crippen molar-refractivity contribution in [3.05, 3.63) is 0 Å². The van der Waals surface area contributed by atoms with E-state index in [1.165, 1.54) is 0 Å². The Labute approximate surface area is 114 Å². The quantitative estimate of drug-likeness (QED) is 0.729. The fourth-order valence-corrected chi connectivity index (χ4v) is 2.23. The van der Waals surface area contributed by atoms with E-state index in [0.717, 1.165) is 19.5 Å². The van der Waals surface area contributed by atoms with Crippen LogP contribution in [0, 0.1) is 11.8 Å². The molecule has 2 unspecified atom stereocenters. The van der Waals surface area contributed by atoms with Gasteiger partial charge in [-0.2, -0.15) is 0 Å². The number of hydrogen-bond donors (Lipinski definition) is 2. The maximum atomic E-state index is 11.9. The fraction of sp³-hybridized carbons (Fsp3) is 0.846. The molecular formula is C13H24N2O4. The molecule has 0 radical (unpaired) electrons. The van der Waals surface area contributed by atoms with Crippen LogP contribution in [0.3, 0.4) is 0 Å². The van der Waals surface area contributed by atoms with Crippen LogP contribution < -0.4 is 5.32 Å². The normalized spacial score (nSPS) is 20.3. The molecule has 2 atom stereocenters. The number of carboxylic acids is 1. The van der Waals surface area contributed by atoms with Gasteiger partial charge in [0, 0.05) is 39.1 Å². The SMILES string of the molecule is COCC1CCN(C(=O)NCC(C)CCC(=O)O)C1. The maximum Gasteiger partial charge on any atom is 0.317 e. The van der Waals surface area contributed by atoms with Gasteiger partial charge in [-0.1, -0.05) is 6.92 Å². The molecule has 0 aromatic heterocycles. The number of urea groups is 1. The summed E-state index contributed by atoms with van der Waals surface area (Å²) in [5.74, 6) is -0.183. The molecule has 6 heteroatoms. The van der Waals surface area contributed by atoms with Gasteiger partial charge in [0.15, 0.2) is 0 Å². The van der Waals surface area contributed by atoms with E-state index in [2.05, 4.69) is 5.32 Å². The Kier molecular flexibility index (Phi) is 6.62. The van der Waals surface area contributed by atoms with E-state index in [4.69, 9.17) is 9.84 Å². The van der Waals surface area contributed by atoms with Crippen LogP contribution in [0.4, 0.5) is 4.79 Å². The van der Waals surface area contributed by atoms with E-state index in [1.54, 1.807) is 12.0 Å². The van der Waals surface area contributed by atoms with Gasteiger partial charge in [-0.3, -0.25) is 4.79 Å². The minimum absolute atomic E-state index is 0.0548. The number of nitrogens with zero attached hydrogens (tertiary/aromatic N) is 1. The van der Waals surface area contributed by atoms with E-state index in [1.807, 2.05) is 6.92 Å². The van der Waals surface area contributed by atoms with E-state index >= 15 is 0 Å². The number of aliphatic carboxylic acids is 1. The van der Waals surface area contributed by atoms with Gasteiger partial charge in [0.25, 0.3) is 0 Å². The van der Waals surface area contributed by atoms with Gasteiger partial charge in [0.1, 0.15) is 0 Å². The van der Waals surface area contributed by atoms with E-state index in [9.17, 15) is 9.59 Å². The molecule has 2 N–H and O–H groups in total. The van der Waals surface area contributed by atoms with Crippen molar-refractivity contribution in [2.45, 2.75) is 26.2 Å². The Morgan fingerprint density at radius 2 is 2.26 bits per heavy atom. The molecule has 0 saturated carbocycles. The summed E-state index contributed by atoms with van der Waals surface area (Å²) in [6, 6.07) is -0.0548. The van der Waals surface area contributed by atoms with Crippen LogP contribution in [0.25, 0.3) is 0 Å². The predicted molar refractivity (Wildman–Crippen MR) is 71.0 cm³/mol. The van der Waals surface area contributed by atoms with Gasteiger partial charge in [-0.25, -0.2) is 4.79 Å². The molecule has 1 aliphatic rings. The van der Waals surface area contributed by atoms with Gasteiger partial charge >= 0.3 is 12.0 Å². The lowest BCUT2D eigenvalue weighted by molar-refractivity contribution is -0.137. The smallest absolute Gasteiger partial charge is 0.317 e. The zero-order valence-electron chi connectivity index (χ0n) is 11.7. The first-order valence-corrected chi connectivity index (χ1v) is 6.76. The second-order valence-corrected chi connectivity index (χ2v) is 5.28. The fourth-order valence-electron chi connectivity index (χ4n) is 2.23. The van der Waals surface area contributed by atoms with Crippen molar-refractivity contribution in [2.24, 2.45) is 11.8 Å². The lowest BCUT2D eigenvalue weighted by Gasteiger charge is -2.19. The summed E-state index contributed by atoms with van der Waals surface area (Å²) in [4.78, 5) is 24.1. The second kappa shape index (κ2) is 7.99. The molecule has 0 spiro atoms. The van der Waals surface area contributed by atoms with Crippen molar-refractivity contribution < 1.29 is 19.4 Å². The highest BCUT2D eigenvalue weighted by Crippen LogP contribution is 2.16. The molecule has 0 bridgehead atoms. The topological polar surface area (TPSA) is 78.9 Å². The number of carbonyl (C=O) groups excluding carboxylic acids is 1. The van der Waals surface area contributed by atoms with E-state index in [-0.39, 0.29) is 18.4 Å². The molecule has 1 rings (SSSR count). The van der Waals surface area contributed by atoms with Crippen molar-refractivity contribution in [1.29, 1.82) is 0 Å². The van der Waals surface area contributed by atoms with Crippen molar-refractivity contribution in [3.8, 4) is 0 Å². The van der Waals surface area contributed by atoms with Gasteiger partial charge in [0.05, 0.1) is 6.61 Å². The number of carboxylic acid groups (broad SMARTS) is 1. The Hall–Kier alpha value is -1.30. The van der Waals surface area contributed by atoms with Crippen molar-refractivity contribution in [3.63, 3.8) is 0 Å². The summed E-state index contributed by atoms with van der Waals surface area (Å²) >= 11 is 0. The highest BCUT2D eigenvalue weighted by molar-refractivity contribution is 5.74. The van der Waals surface area contributed by atoms with Gasteiger partial charge in [0.2, 0.25) is 0 Å². The van der Waals surface area contributed by atoms with Crippen LogP contribution in [0.5, 0.6) is 0 Å². The number of methoxy groups -OCH3 is 1. The molecule has 110 valence electrons. The molecule has 1 heterocycles. The molecule has 0 aromatic carbocycles. The predicted octanol–water partition coefficient (Wildman–Crippen LogP) is 1.17. The number of hydrogen-bond acceptors (Lipinski definition) is 3. The van der Waals surface area contributed by atoms with E-state index < -0.39 is 5.97 Å². The van der Waals surface area contributed by atoms with Crippen LogP contribution in [0.15, 0.2) is 0 Å². The van der Waals surface area contributed by atoms with Crippen LogP contribution in [0.2, 0.25) is 0 Å². The molecule has 1 saturated heterocycles. The Bertz CT molecular complexity index is 309. The number of rotatable bonds is 7. The van der Waals surface area contributed by atoms with Crippen LogP contribution in [-0.2, 0) is 9.53 Å². The highest BCUT2D eigenvalue weighted by atomic mass is 16.5. The third-order valence-corrected chi connectivity index (χ3v) is 3.43. The maximum absolute atomic E-state index is 11.9. The summed E-state index contributed by atoms with van der Waals surface area (Å²) in [5.41, 5.74) is 0. The Morgan fingerprint density at radius 3 is 2.89 bits per heavy atom. The number of likely N-dealkylation sites (tertiary alicyclic amines) is 1. The number of carbonyl (C=O) groups is 2. The first-order chi connectivity index (χ1) is 9.02. The Morgan fingerprint density at radius 1 is 1.53 bits per heavy atom. The van der Waals surface area contributed by atoms with Crippen molar-refractivity contribution >= 4 is 12.0 Å². The lowest BCUT2D eigenvalue weighted by atomic mass is 10.1. The van der Waals surface area contributed by atoms with E-state index in [0.29, 0.717) is 25.5 Å². The van der Waals surface area contributed by atoms with Crippen LogP contribution in [0.1, 0.15) is 26.2 Å². The monoisotopic (exact) mass is 272 g/mol. The third kappa shape index (κ3) is 5.92. The summed E-state index contributed by atoms with van der Waals surface area (Å²) in [5, 5.41) is 11.4. The molecule has 1 fully saturated rings. The molecule has 19 heavy (non-hydrogen) atoms. The third-order valence-electron chi connectivity index (χ3n) is 3.43. The highest BCUT2D eigenvalue weighted by Gasteiger charge is 2.26. The van der Waals surface area contributed by atoms with Gasteiger partial charge in [-0.15, -0.1) is 0 Å². The van der Waals surface area contributed by atoms with Crippen molar-refractivity contribution in [1.82, 2.24) is 10.2 Å². The minimum atomic E-state index is -0.792. The summed E-state index contributed by atoms with van der Waals surface area (Å²) in [6.45, 7) is 4.67. The standard InChI is InChI=1S/C13H24N2O4/c1-10(3-4-12(16)17)7-14-13(18)15-6-5-11(8-15)9-19-2/h10-11H,3-9H2,1-2H3,(H,14,18)(H,16,17). The average molecular weight is 272 g/mol. The second-order valence-electron chi connectivity index (χ2n) is 5.28. The molecular weight excluding hydrogens is 248 g/mol. The molecule has 6 nitrogen and oxygen atoms in total. The summed E-state index contributed by atoms with van der Waals surface area (Å²) in [7, 11) is 1.67. The average Bonchev–Trinajstić information content (AvgIpc) is 2.82. The molecule has 1 aliphatic heterocycles. The van der Waals surface area contributed by atoms with Gasteiger partial charge in [-0.05, 0) is 18.8 Å². The Balaban J connectivity index is 2.19. The first kappa shape index (κ1) is 15.8. The summed E-state index contributed by atoms with van der Waals surface area (Å²) in [6.07, 6.45) is 1.72. The molecule has 2 amide bonds. The molecule has 0 aliphatic carbocycles. The van der Waals surface area contributed by atoms with Crippen LogP contribution >= 0.6 is 0 Å². The zero-order chi connectivity index (χ0) is 14.3. The zero-order valence-corrected chi connectivity index (χ0v) is 11.7. The first-order valence-electron chi connectivity index (χ1n) is 6.76. The number of ether oxygens (including phenoxy) is 1. The van der Waals surface area contributed by atoms with Crippen LogP contribution in [-0.4, -0.2) is 55.4 Å². The summed E-state index contributed by atoms with van der Waals surface area (Å²) < 4.78 is 5.09. The number of nitrogens with one attached hydrogen (secondary N) is 1. The van der Waals surface area contributed by atoms with Crippen molar-refractivity contribution in [2.75, 3.05) is 33.4 Å². The lowest BCUT2D eigenvalue weighted by Crippen LogP contribution is -2.40.